The highest BCUT2D eigenvalue weighted by Crippen LogP contribution is 2.35. The molecule has 2 aromatic rings. The molecule has 0 saturated carbocycles. The maximum atomic E-state index is 13.1. The molecule has 9 nitrogen and oxygen atoms in total. The molecule has 1 aromatic heterocycles. The van der Waals surface area contributed by atoms with Gasteiger partial charge in [0.15, 0.2) is 17.7 Å². The van der Waals surface area contributed by atoms with Gasteiger partial charge in [-0.15, -0.1) is 0 Å². The molecule has 2 aliphatic rings. The van der Waals surface area contributed by atoms with Crippen molar-refractivity contribution in [3.63, 3.8) is 0 Å². The lowest BCUT2D eigenvalue weighted by Crippen LogP contribution is -2.56. The van der Waals surface area contributed by atoms with E-state index in [2.05, 4.69) is 5.32 Å². The second kappa shape index (κ2) is 9.09. The van der Waals surface area contributed by atoms with Gasteiger partial charge in [-0.2, -0.15) is 0 Å². The van der Waals surface area contributed by atoms with Gasteiger partial charge in [-0.1, -0.05) is 12.1 Å². The standard InChI is InChI=1S/C22H24FN3O6/c1-31-10-7-16-22-25(8-2-9-32-22)21(30)17-19(28)18(27)15(12-26(16)17)20(29)24-11-13-3-5-14(23)6-4-13/h3-6,12,16,22,28H,2,7-11H2,1H3,(H,24,29). The van der Waals surface area contributed by atoms with Gasteiger partial charge < -0.3 is 29.4 Å². The molecule has 1 fully saturated rings. The van der Waals surface area contributed by atoms with Gasteiger partial charge in [0.25, 0.3) is 11.8 Å². The van der Waals surface area contributed by atoms with Crippen LogP contribution >= 0.6 is 0 Å². The maximum absolute atomic E-state index is 13.1. The number of hydrogen-bond donors (Lipinski definition) is 2. The summed E-state index contributed by atoms with van der Waals surface area (Å²) in [6, 6.07) is 5.12. The number of rotatable bonds is 6. The highest BCUT2D eigenvalue weighted by molar-refractivity contribution is 5.99. The lowest BCUT2D eigenvalue weighted by Gasteiger charge is -2.45. The minimum atomic E-state index is -0.928. The number of hydrogen-bond acceptors (Lipinski definition) is 6. The third-order valence-electron chi connectivity index (χ3n) is 5.73. The number of ether oxygens (including phenoxy) is 2. The number of nitrogens with one attached hydrogen (secondary N) is 1. The van der Waals surface area contributed by atoms with Crippen molar-refractivity contribution in [1.29, 1.82) is 0 Å². The Morgan fingerprint density at radius 2 is 2.06 bits per heavy atom. The molecule has 1 aromatic carbocycles. The SMILES string of the molecule is COCCC1C2OCCCN2C(=O)c2c(O)c(=O)c(C(=O)NCc3ccc(F)cc3)cn21. The zero-order valence-electron chi connectivity index (χ0n) is 17.5. The lowest BCUT2D eigenvalue weighted by atomic mass is 10.0. The van der Waals surface area contributed by atoms with E-state index < -0.39 is 41.1 Å². The van der Waals surface area contributed by atoms with Crippen molar-refractivity contribution in [2.75, 3.05) is 26.9 Å². The smallest absolute Gasteiger partial charge is 0.276 e. The van der Waals surface area contributed by atoms with E-state index >= 15 is 0 Å². The second-order valence-corrected chi connectivity index (χ2v) is 7.75. The van der Waals surface area contributed by atoms with Gasteiger partial charge in [0.1, 0.15) is 11.4 Å². The normalized spacial score (nSPS) is 19.9. The molecule has 1 saturated heterocycles. The number of carbonyl (C=O) groups is 2. The van der Waals surface area contributed by atoms with Crippen LogP contribution in [-0.2, 0) is 16.0 Å². The second-order valence-electron chi connectivity index (χ2n) is 7.75. The number of methoxy groups -OCH3 is 1. The number of benzene rings is 1. The molecule has 3 heterocycles. The molecule has 0 radical (unpaired) electrons. The molecule has 2 unspecified atom stereocenters. The first-order valence-corrected chi connectivity index (χ1v) is 10.3. The van der Waals surface area contributed by atoms with Crippen molar-refractivity contribution < 1.29 is 28.6 Å². The first-order valence-electron chi connectivity index (χ1n) is 10.3. The summed E-state index contributed by atoms with van der Waals surface area (Å²) in [6.07, 6.45) is 1.80. The third-order valence-corrected chi connectivity index (χ3v) is 5.73. The summed E-state index contributed by atoms with van der Waals surface area (Å²) in [5.41, 5.74) is -0.745. The molecule has 2 atom stereocenters. The molecule has 0 spiro atoms. The van der Waals surface area contributed by atoms with E-state index in [1.807, 2.05) is 0 Å². The minimum Gasteiger partial charge on any atom is -0.503 e. The minimum absolute atomic E-state index is 0.0621. The fourth-order valence-corrected chi connectivity index (χ4v) is 4.12. The molecular formula is C22H24FN3O6. The van der Waals surface area contributed by atoms with E-state index in [0.29, 0.717) is 38.2 Å². The highest BCUT2D eigenvalue weighted by atomic mass is 19.1. The summed E-state index contributed by atoms with van der Waals surface area (Å²) >= 11 is 0. The quantitative estimate of drug-likeness (QED) is 0.696. The van der Waals surface area contributed by atoms with Gasteiger partial charge in [0, 0.05) is 33.0 Å². The van der Waals surface area contributed by atoms with Crippen LogP contribution in [0.1, 0.15) is 45.3 Å². The Hall–Kier alpha value is -3.24. The molecule has 170 valence electrons. The van der Waals surface area contributed by atoms with Crippen molar-refractivity contribution in [3.8, 4) is 5.75 Å². The van der Waals surface area contributed by atoms with E-state index in [1.54, 1.807) is 7.11 Å². The monoisotopic (exact) mass is 445 g/mol. The van der Waals surface area contributed by atoms with Gasteiger partial charge in [0.2, 0.25) is 5.43 Å². The fourth-order valence-electron chi connectivity index (χ4n) is 4.12. The van der Waals surface area contributed by atoms with Crippen LogP contribution in [0.5, 0.6) is 5.75 Å². The van der Waals surface area contributed by atoms with Crippen molar-refractivity contribution in [3.05, 3.63) is 63.3 Å². The van der Waals surface area contributed by atoms with Crippen molar-refractivity contribution in [2.45, 2.75) is 31.7 Å². The Kier molecular flexibility index (Phi) is 6.24. The van der Waals surface area contributed by atoms with Crippen LogP contribution in [0.4, 0.5) is 4.39 Å². The van der Waals surface area contributed by atoms with Crippen LogP contribution in [0.25, 0.3) is 0 Å². The van der Waals surface area contributed by atoms with Crippen LogP contribution in [-0.4, -0.2) is 59.5 Å². The Morgan fingerprint density at radius 3 is 2.78 bits per heavy atom. The molecule has 0 aliphatic carbocycles. The maximum Gasteiger partial charge on any atom is 0.276 e. The summed E-state index contributed by atoms with van der Waals surface area (Å²) < 4.78 is 25.6. The molecule has 2 aliphatic heterocycles. The third kappa shape index (κ3) is 3.98. The van der Waals surface area contributed by atoms with E-state index in [0.717, 1.165) is 0 Å². The van der Waals surface area contributed by atoms with Gasteiger partial charge in [-0.05, 0) is 30.5 Å². The van der Waals surface area contributed by atoms with Crippen LogP contribution in [0, 0.1) is 5.82 Å². The van der Waals surface area contributed by atoms with E-state index in [4.69, 9.17) is 9.47 Å². The number of halogens is 1. The number of amides is 2. The van der Waals surface area contributed by atoms with Crippen LogP contribution in [0.2, 0.25) is 0 Å². The molecule has 10 heteroatoms. The first-order chi connectivity index (χ1) is 15.4. The van der Waals surface area contributed by atoms with Crippen LogP contribution < -0.4 is 10.7 Å². The van der Waals surface area contributed by atoms with Gasteiger partial charge in [-0.25, -0.2) is 4.39 Å². The van der Waals surface area contributed by atoms with Gasteiger partial charge >= 0.3 is 0 Å². The summed E-state index contributed by atoms with van der Waals surface area (Å²) in [4.78, 5) is 40.1. The molecule has 2 N–H and O–H groups in total. The van der Waals surface area contributed by atoms with Crippen molar-refractivity contribution >= 4 is 11.8 Å². The Balaban J connectivity index is 1.69. The topological polar surface area (TPSA) is 110 Å². The van der Waals surface area contributed by atoms with E-state index in [1.165, 1.54) is 39.9 Å². The van der Waals surface area contributed by atoms with E-state index in [9.17, 15) is 23.9 Å². The number of aromatic nitrogens is 1. The number of fused-ring (bicyclic) bond motifs is 2. The zero-order chi connectivity index (χ0) is 22.8. The Bertz CT molecular complexity index is 1080. The van der Waals surface area contributed by atoms with Gasteiger partial charge in [0.05, 0.1) is 12.6 Å². The average Bonchev–Trinajstić information content (AvgIpc) is 2.80. The fraction of sp³-hybridized carbons (Fsp3) is 0.409. The number of pyridine rings is 1. The van der Waals surface area contributed by atoms with Gasteiger partial charge in [-0.3, -0.25) is 14.4 Å². The number of nitrogens with zero attached hydrogens (tertiary/aromatic N) is 2. The summed E-state index contributed by atoms with van der Waals surface area (Å²) in [5.74, 6) is -2.40. The summed E-state index contributed by atoms with van der Waals surface area (Å²) in [5, 5.41) is 13.2. The molecule has 2 amide bonds. The van der Waals surface area contributed by atoms with Crippen molar-refractivity contribution in [2.24, 2.45) is 0 Å². The summed E-state index contributed by atoms with van der Waals surface area (Å²) in [7, 11) is 1.55. The zero-order valence-corrected chi connectivity index (χ0v) is 17.5. The highest BCUT2D eigenvalue weighted by Gasteiger charge is 2.43. The van der Waals surface area contributed by atoms with Crippen LogP contribution in [0.3, 0.4) is 0 Å². The summed E-state index contributed by atoms with van der Waals surface area (Å²) in [6.45, 7) is 1.34. The van der Waals surface area contributed by atoms with Crippen molar-refractivity contribution in [1.82, 2.24) is 14.8 Å². The lowest BCUT2D eigenvalue weighted by molar-refractivity contribution is -0.115. The largest absolute Gasteiger partial charge is 0.503 e. The number of aromatic hydroxyl groups is 1. The number of carbonyl (C=O) groups excluding carboxylic acids is 2. The predicted octanol–water partition coefficient (Wildman–Crippen LogP) is 1.40. The first kappa shape index (κ1) is 22.0. The molecule has 4 rings (SSSR count). The predicted molar refractivity (Wildman–Crippen MR) is 111 cm³/mol. The Morgan fingerprint density at radius 1 is 1.31 bits per heavy atom. The average molecular weight is 445 g/mol. The van der Waals surface area contributed by atoms with Crippen LogP contribution in [0.15, 0.2) is 35.3 Å². The Labute approximate surface area is 183 Å². The molecule has 32 heavy (non-hydrogen) atoms. The molecule has 0 bridgehead atoms. The molecular weight excluding hydrogens is 421 g/mol. The van der Waals surface area contributed by atoms with E-state index in [-0.39, 0.29) is 17.8 Å².